The van der Waals surface area contributed by atoms with Crippen LogP contribution in [0.4, 0.5) is 10.2 Å². The van der Waals surface area contributed by atoms with Crippen LogP contribution in [0.5, 0.6) is 0 Å². The monoisotopic (exact) mass is 349 g/mol. The molecule has 1 fully saturated rings. The number of nitrogens with one attached hydrogen (secondary N) is 2. The van der Waals surface area contributed by atoms with Crippen molar-refractivity contribution in [3.63, 3.8) is 0 Å². The molecule has 1 atom stereocenters. The first-order valence-corrected chi connectivity index (χ1v) is 8.80. The van der Waals surface area contributed by atoms with Crippen LogP contribution in [0.3, 0.4) is 0 Å². The summed E-state index contributed by atoms with van der Waals surface area (Å²) in [6.07, 6.45) is 5.70. The molecule has 3 heterocycles. The lowest BCUT2D eigenvalue weighted by Gasteiger charge is -2.24. The zero-order valence-corrected chi connectivity index (χ0v) is 14.3. The molecule has 0 aliphatic carbocycles. The second kappa shape index (κ2) is 7.58. The fourth-order valence-corrected chi connectivity index (χ4v) is 3.13. The Morgan fingerprint density at radius 2 is 1.92 bits per heavy atom. The van der Waals surface area contributed by atoms with Crippen LogP contribution in [-0.4, -0.2) is 34.1 Å². The maximum Gasteiger partial charge on any atom is 0.162 e. The van der Waals surface area contributed by atoms with E-state index in [1.54, 1.807) is 18.5 Å². The summed E-state index contributed by atoms with van der Waals surface area (Å²) < 4.78 is 13.7. The number of hydrogen-bond acceptors (Lipinski definition) is 5. The summed E-state index contributed by atoms with van der Waals surface area (Å²) in [4.78, 5) is 13.3. The van der Waals surface area contributed by atoms with Crippen molar-refractivity contribution in [3.05, 3.63) is 60.7 Å². The maximum absolute atomic E-state index is 13.7. The van der Waals surface area contributed by atoms with Crippen molar-refractivity contribution < 1.29 is 4.39 Å². The molecule has 6 heteroatoms. The molecule has 1 unspecified atom stereocenters. The summed E-state index contributed by atoms with van der Waals surface area (Å²) in [6.45, 7) is 1.96. The Morgan fingerprint density at radius 1 is 1.04 bits per heavy atom. The molecule has 0 saturated carbocycles. The highest BCUT2D eigenvalue weighted by molar-refractivity contribution is 5.67. The van der Waals surface area contributed by atoms with E-state index in [1.165, 1.54) is 12.1 Å². The van der Waals surface area contributed by atoms with Crippen molar-refractivity contribution in [2.24, 2.45) is 0 Å². The topological polar surface area (TPSA) is 62.7 Å². The van der Waals surface area contributed by atoms with E-state index in [4.69, 9.17) is 0 Å². The Balaban J connectivity index is 1.74. The van der Waals surface area contributed by atoms with Gasteiger partial charge < -0.3 is 10.6 Å². The Bertz CT molecular complexity index is 878. The highest BCUT2D eigenvalue weighted by Crippen LogP contribution is 2.25. The molecule has 1 saturated heterocycles. The van der Waals surface area contributed by atoms with Crippen LogP contribution in [0.2, 0.25) is 0 Å². The van der Waals surface area contributed by atoms with Gasteiger partial charge in [0.05, 0.1) is 5.69 Å². The standard InChI is InChI=1S/C20H20FN5/c21-16-4-1-3-15(11-16)20-25-18(14-6-9-22-10-7-14)12-19(26-20)24-17-5-2-8-23-13-17/h1,3-4,6-7,9-12,17,23H,2,5,8,13H2,(H,24,25,26). The molecule has 1 aromatic carbocycles. The number of benzene rings is 1. The Labute approximate surface area is 151 Å². The molecule has 4 rings (SSSR count). The molecule has 5 nitrogen and oxygen atoms in total. The fraction of sp³-hybridized carbons (Fsp3) is 0.250. The van der Waals surface area contributed by atoms with E-state index in [2.05, 4.69) is 25.6 Å². The van der Waals surface area contributed by atoms with Crippen LogP contribution < -0.4 is 10.6 Å². The third-order valence-electron chi connectivity index (χ3n) is 4.43. The number of piperidine rings is 1. The zero-order valence-electron chi connectivity index (χ0n) is 14.3. The summed E-state index contributed by atoms with van der Waals surface area (Å²) in [5.74, 6) is 0.955. The van der Waals surface area contributed by atoms with Gasteiger partial charge in [0.1, 0.15) is 11.6 Å². The average molecular weight is 349 g/mol. The third kappa shape index (κ3) is 3.86. The van der Waals surface area contributed by atoms with E-state index in [-0.39, 0.29) is 5.82 Å². The zero-order chi connectivity index (χ0) is 17.8. The average Bonchev–Trinajstić information content (AvgIpc) is 2.69. The van der Waals surface area contributed by atoms with Gasteiger partial charge in [0.15, 0.2) is 5.82 Å². The van der Waals surface area contributed by atoms with Crippen molar-refractivity contribution >= 4 is 5.82 Å². The number of halogens is 1. The molecule has 2 aromatic heterocycles. The number of nitrogens with zero attached hydrogens (tertiary/aromatic N) is 3. The summed E-state index contributed by atoms with van der Waals surface area (Å²) in [6, 6.07) is 12.4. The first-order valence-electron chi connectivity index (χ1n) is 8.80. The van der Waals surface area contributed by atoms with Crippen molar-refractivity contribution in [2.75, 3.05) is 18.4 Å². The van der Waals surface area contributed by atoms with Crippen LogP contribution in [0, 0.1) is 5.82 Å². The lowest BCUT2D eigenvalue weighted by atomic mass is 10.1. The van der Waals surface area contributed by atoms with Gasteiger partial charge in [-0.1, -0.05) is 12.1 Å². The first-order chi connectivity index (χ1) is 12.8. The fourth-order valence-electron chi connectivity index (χ4n) is 3.13. The number of aromatic nitrogens is 3. The van der Waals surface area contributed by atoms with Gasteiger partial charge in [0, 0.05) is 42.2 Å². The summed E-state index contributed by atoms with van der Waals surface area (Å²) in [5.41, 5.74) is 2.39. The van der Waals surface area contributed by atoms with Gasteiger partial charge in [0.2, 0.25) is 0 Å². The number of pyridine rings is 1. The van der Waals surface area contributed by atoms with Gasteiger partial charge in [-0.05, 0) is 43.7 Å². The quantitative estimate of drug-likeness (QED) is 0.755. The van der Waals surface area contributed by atoms with Gasteiger partial charge in [0.25, 0.3) is 0 Å². The summed E-state index contributed by atoms with van der Waals surface area (Å²) >= 11 is 0. The molecule has 26 heavy (non-hydrogen) atoms. The second-order valence-corrected chi connectivity index (χ2v) is 6.40. The van der Waals surface area contributed by atoms with E-state index >= 15 is 0 Å². The largest absolute Gasteiger partial charge is 0.366 e. The highest BCUT2D eigenvalue weighted by Gasteiger charge is 2.15. The van der Waals surface area contributed by atoms with Gasteiger partial charge >= 0.3 is 0 Å². The SMILES string of the molecule is Fc1cccc(-c2nc(NC3CCCNC3)cc(-c3ccncc3)n2)c1. The van der Waals surface area contributed by atoms with Crippen molar-refractivity contribution in [1.82, 2.24) is 20.3 Å². The summed E-state index contributed by atoms with van der Waals surface area (Å²) in [5, 5.41) is 6.88. The molecule has 2 N–H and O–H groups in total. The molecule has 0 bridgehead atoms. The van der Waals surface area contributed by atoms with Crippen LogP contribution >= 0.6 is 0 Å². The predicted octanol–water partition coefficient (Wildman–Crippen LogP) is 3.51. The van der Waals surface area contributed by atoms with E-state index in [9.17, 15) is 4.39 Å². The van der Waals surface area contributed by atoms with E-state index in [1.807, 2.05) is 24.3 Å². The molecule has 0 amide bonds. The van der Waals surface area contributed by atoms with E-state index in [0.29, 0.717) is 17.4 Å². The van der Waals surface area contributed by atoms with Crippen LogP contribution in [0.25, 0.3) is 22.6 Å². The third-order valence-corrected chi connectivity index (χ3v) is 4.43. The van der Waals surface area contributed by atoms with Crippen LogP contribution in [0.15, 0.2) is 54.9 Å². The smallest absolute Gasteiger partial charge is 0.162 e. The minimum atomic E-state index is -0.300. The van der Waals surface area contributed by atoms with Crippen LogP contribution in [-0.2, 0) is 0 Å². The lowest BCUT2D eigenvalue weighted by Crippen LogP contribution is -2.38. The lowest BCUT2D eigenvalue weighted by molar-refractivity contribution is 0.479. The molecule has 3 aromatic rings. The van der Waals surface area contributed by atoms with Gasteiger partial charge in [-0.3, -0.25) is 4.98 Å². The van der Waals surface area contributed by atoms with E-state index in [0.717, 1.165) is 43.0 Å². The molecule has 0 spiro atoms. The number of anilines is 1. The Hall–Kier alpha value is -2.86. The normalized spacial score (nSPS) is 17.0. The van der Waals surface area contributed by atoms with Crippen molar-refractivity contribution in [2.45, 2.75) is 18.9 Å². The van der Waals surface area contributed by atoms with Crippen molar-refractivity contribution in [3.8, 4) is 22.6 Å². The molecule has 1 aliphatic rings. The molecular formula is C20H20FN5. The van der Waals surface area contributed by atoms with Crippen LogP contribution in [0.1, 0.15) is 12.8 Å². The van der Waals surface area contributed by atoms with Crippen molar-refractivity contribution in [1.29, 1.82) is 0 Å². The summed E-state index contributed by atoms with van der Waals surface area (Å²) in [7, 11) is 0. The molecule has 1 aliphatic heterocycles. The van der Waals surface area contributed by atoms with Gasteiger partial charge in [-0.2, -0.15) is 0 Å². The Kier molecular flexibility index (Phi) is 4.84. The minimum Gasteiger partial charge on any atom is -0.366 e. The highest BCUT2D eigenvalue weighted by atomic mass is 19.1. The Morgan fingerprint density at radius 3 is 2.69 bits per heavy atom. The maximum atomic E-state index is 13.7. The molecule has 132 valence electrons. The first kappa shape index (κ1) is 16.6. The van der Waals surface area contributed by atoms with E-state index < -0.39 is 0 Å². The molecular weight excluding hydrogens is 329 g/mol. The molecule has 0 radical (unpaired) electrons. The van der Waals surface area contributed by atoms with Gasteiger partial charge in [-0.15, -0.1) is 0 Å². The second-order valence-electron chi connectivity index (χ2n) is 6.40. The predicted molar refractivity (Wildman–Crippen MR) is 100 cm³/mol. The number of hydrogen-bond donors (Lipinski definition) is 2. The number of rotatable bonds is 4. The van der Waals surface area contributed by atoms with Gasteiger partial charge in [-0.25, -0.2) is 14.4 Å². The minimum absolute atomic E-state index is 0.300.